The van der Waals surface area contributed by atoms with Crippen LogP contribution in [0.25, 0.3) is 0 Å². The van der Waals surface area contributed by atoms with Crippen molar-refractivity contribution in [2.75, 3.05) is 32.8 Å². The van der Waals surface area contributed by atoms with Gasteiger partial charge in [0.25, 0.3) is 0 Å². The van der Waals surface area contributed by atoms with Gasteiger partial charge in [-0.05, 0) is 25.0 Å². The van der Waals surface area contributed by atoms with Crippen LogP contribution in [-0.4, -0.2) is 48.8 Å². The Morgan fingerprint density at radius 1 is 1.29 bits per heavy atom. The van der Waals surface area contributed by atoms with Gasteiger partial charge in [-0.3, -0.25) is 9.69 Å². The van der Waals surface area contributed by atoms with E-state index >= 15 is 0 Å². The van der Waals surface area contributed by atoms with Gasteiger partial charge in [-0.15, -0.1) is 0 Å². The first kappa shape index (κ1) is 15.6. The molecule has 0 aliphatic carbocycles. The average Bonchev–Trinajstić information content (AvgIpc) is 2.82. The Labute approximate surface area is 125 Å². The number of benzene rings is 1. The third-order valence-corrected chi connectivity index (χ3v) is 3.82. The second-order valence-corrected chi connectivity index (χ2v) is 5.41. The molecule has 1 aliphatic heterocycles. The van der Waals surface area contributed by atoms with Gasteiger partial charge < -0.3 is 14.6 Å². The van der Waals surface area contributed by atoms with E-state index in [2.05, 4.69) is 4.90 Å². The number of rotatable bonds is 7. The lowest BCUT2D eigenvalue weighted by Crippen LogP contribution is -2.27. The summed E-state index contributed by atoms with van der Waals surface area (Å²) in [4.78, 5) is 13.2. The Hall–Kier alpha value is -1.75. The van der Waals surface area contributed by atoms with Gasteiger partial charge in [0.05, 0.1) is 12.5 Å². The molecule has 21 heavy (non-hydrogen) atoms. The first-order valence-electron chi connectivity index (χ1n) is 7.41. The van der Waals surface area contributed by atoms with E-state index in [1.54, 1.807) is 0 Å². The van der Waals surface area contributed by atoms with Crippen molar-refractivity contribution in [2.24, 2.45) is 11.8 Å². The molecule has 1 aromatic rings. The van der Waals surface area contributed by atoms with E-state index in [1.165, 1.54) is 0 Å². The van der Waals surface area contributed by atoms with E-state index in [1.807, 2.05) is 38.1 Å². The predicted molar refractivity (Wildman–Crippen MR) is 79.8 cm³/mol. The second kappa shape index (κ2) is 7.31. The zero-order valence-corrected chi connectivity index (χ0v) is 12.6. The van der Waals surface area contributed by atoms with E-state index in [-0.39, 0.29) is 11.8 Å². The van der Waals surface area contributed by atoms with Gasteiger partial charge in [-0.2, -0.15) is 0 Å². The zero-order chi connectivity index (χ0) is 15.2. The summed E-state index contributed by atoms with van der Waals surface area (Å²) in [7, 11) is 0. The number of ether oxygens (including phenoxy) is 2. The van der Waals surface area contributed by atoms with Crippen LogP contribution in [0.4, 0.5) is 0 Å². The number of carbonyl (C=O) groups is 1. The van der Waals surface area contributed by atoms with Crippen molar-refractivity contribution in [3.63, 3.8) is 0 Å². The number of hydrogen-bond donors (Lipinski definition) is 1. The number of nitrogens with zero attached hydrogens (tertiary/aromatic N) is 1. The van der Waals surface area contributed by atoms with Crippen LogP contribution in [0.15, 0.2) is 24.3 Å². The smallest absolute Gasteiger partial charge is 0.308 e. The summed E-state index contributed by atoms with van der Waals surface area (Å²) in [6.45, 7) is 7.21. The Balaban J connectivity index is 1.81. The summed E-state index contributed by atoms with van der Waals surface area (Å²) >= 11 is 0. The van der Waals surface area contributed by atoms with Crippen molar-refractivity contribution in [1.29, 1.82) is 0 Å². The van der Waals surface area contributed by atoms with Gasteiger partial charge in [0.15, 0.2) is 11.5 Å². The van der Waals surface area contributed by atoms with E-state index < -0.39 is 5.97 Å². The first-order valence-corrected chi connectivity index (χ1v) is 7.41. The maximum absolute atomic E-state index is 11.1. The van der Waals surface area contributed by atoms with Gasteiger partial charge in [-0.1, -0.05) is 19.1 Å². The number of aliphatic carboxylic acids is 1. The molecule has 5 nitrogen and oxygen atoms in total. The number of carboxylic acids is 1. The van der Waals surface area contributed by atoms with E-state index in [9.17, 15) is 4.79 Å². The fraction of sp³-hybridized carbons (Fsp3) is 0.562. The van der Waals surface area contributed by atoms with Crippen molar-refractivity contribution < 1.29 is 19.4 Å². The van der Waals surface area contributed by atoms with Crippen molar-refractivity contribution >= 4 is 5.97 Å². The van der Waals surface area contributed by atoms with E-state index in [0.29, 0.717) is 19.8 Å². The molecule has 1 N–H and O–H groups in total. The molecule has 0 aromatic heterocycles. The van der Waals surface area contributed by atoms with E-state index in [0.717, 1.165) is 24.6 Å². The fourth-order valence-electron chi connectivity index (χ4n) is 2.70. The number of carboxylic acid groups (broad SMARTS) is 1. The molecule has 0 unspecified atom stereocenters. The number of para-hydroxylation sites is 2. The minimum atomic E-state index is -0.701. The van der Waals surface area contributed by atoms with Crippen LogP contribution in [0.2, 0.25) is 0 Å². The molecule has 0 radical (unpaired) electrons. The standard InChI is InChI=1S/C16H23NO4/c1-3-20-14-6-4-5-7-15(14)21-9-8-17-10-12(2)13(11-17)16(18)19/h4-7,12-13H,3,8-11H2,1-2H3,(H,18,19)/t12-,13-/m1/s1. The molecule has 0 saturated carbocycles. The van der Waals surface area contributed by atoms with E-state index in [4.69, 9.17) is 14.6 Å². The van der Waals surface area contributed by atoms with Gasteiger partial charge in [-0.25, -0.2) is 0 Å². The lowest BCUT2D eigenvalue weighted by molar-refractivity contribution is -0.142. The molecular weight excluding hydrogens is 270 g/mol. The monoisotopic (exact) mass is 293 g/mol. The van der Waals surface area contributed by atoms with Crippen LogP contribution in [0.3, 0.4) is 0 Å². The van der Waals surface area contributed by atoms with Crippen LogP contribution < -0.4 is 9.47 Å². The summed E-state index contributed by atoms with van der Waals surface area (Å²) in [6, 6.07) is 7.60. The quantitative estimate of drug-likeness (QED) is 0.834. The molecule has 0 amide bonds. The highest BCUT2D eigenvalue weighted by atomic mass is 16.5. The van der Waals surface area contributed by atoms with Crippen molar-refractivity contribution in [1.82, 2.24) is 4.90 Å². The van der Waals surface area contributed by atoms with Crippen LogP contribution >= 0.6 is 0 Å². The Morgan fingerprint density at radius 3 is 2.52 bits per heavy atom. The summed E-state index contributed by atoms with van der Waals surface area (Å²) in [5.41, 5.74) is 0. The van der Waals surface area contributed by atoms with Gasteiger partial charge in [0.2, 0.25) is 0 Å². The Bertz CT molecular complexity index is 477. The molecule has 2 atom stereocenters. The normalized spacial score (nSPS) is 22.2. The molecule has 5 heteroatoms. The maximum Gasteiger partial charge on any atom is 0.308 e. The first-order chi connectivity index (χ1) is 10.1. The van der Waals surface area contributed by atoms with Gasteiger partial charge in [0, 0.05) is 19.6 Å². The predicted octanol–water partition coefficient (Wildman–Crippen LogP) is 2.12. The summed E-state index contributed by atoms with van der Waals surface area (Å²) in [5, 5.41) is 9.13. The molecule has 0 spiro atoms. The molecule has 0 bridgehead atoms. The third kappa shape index (κ3) is 4.11. The van der Waals surface area contributed by atoms with Crippen LogP contribution in [0.5, 0.6) is 11.5 Å². The molecule has 2 rings (SSSR count). The van der Waals surface area contributed by atoms with Crippen LogP contribution in [0.1, 0.15) is 13.8 Å². The van der Waals surface area contributed by atoms with Crippen LogP contribution in [0, 0.1) is 11.8 Å². The highest BCUT2D eigenvalue weighted by Crippen LogP contribution is 2.27. The van der Waals surface area contributed by atoms with Crippen molar-refractivity contribution in [2.45, 2.75) is 13.8 Å². The van der Waals surface area contributed by atoms with Gasteiger partial charge >= 0.3 is 5.97 Å². The third-order valence-electron chi connectivity index (χ3n) is 3.82. The highest BCUT2D eigenvalue weighted by molar-refractivity contribution is 5.71. The molecule has 1 saturated heterocycles. The van der Waals surface area contributed by atoms with Crippen molar-refractivity contribution in [3.05, 3.63) is 24.3 Å². The summed E-state index contributed by atoms with van der Waals surface area (Å²) in [6.07, 6.45) is 0. The second-order valence-electron chi connectivity index (χ2n) is 5.41. The molecule has 1 aliphatic rings. The largest absolute Gasteiger partial charge is 0.490 e. The highest BCUT2D eigenvalue weighted by Gasteiger charge is 2.34. The lowest BCUT2D eigenvalue weighted by Gasteiger charge is -2.17. The van der Waals surface area contributed by atoms with Crippen molar-refractivity contribution in [3.8, 4) is 11.5 Å². The lowest BCUT2D eigenvalue weighted by atomic mass is 9.99. The zero-order valence-electron chi connectivity index (χ0n) is 12.6. The fourth-order valence-corrected chi connectivity index (χ4v) is 2.70. The topological polar surface area (TPSA) is 59.0 Å². The molecular formula is C16H23NO4. The Morgan fingerprint density at radius 2 is 1.95 bits per heavy atom. The maximum atomic E-state index is 11.1. The number of likely N-dealkylation sites (tertiary alicyclic amines) is 1. The minimum Gasteiger partial charge on any atom is -0.490 e. The SMILES string of the molecule is CCOc1ccccc1OCCN1C[C@@H](C)[C@H](C(=O)O)C1. The number of hydrogen-bond acceptors (Lipinski definition) is 4. The summed E-state index contributed by atoms with van der Waals surface area (Å²) in [5.74, 6) is 0.714. The minimum absolute atomic E-state index is 0.193. The van der Waals surface area contributed by atoms with Gasteiger partial charge in [0.1, 0.15) is 6.61 Å². The summed E-state index contributed by atoms with van der Waals surface area (Å²) < 4.78 is 11.3. The molecule has 116 valence electrons. The molecule has 1 heterocycles. The average molecular weight is 293 g/mol. The molecule has 1 fully saturated rings. The molecule has 1 aromatic carbocycles. The van der Waals surface area contributed by atoms with Crippen LogP contribution in [-0.2, 0) is 4.79 Å². The Kier molecular flexibility index (Phi) is 5.44.